The van der Waals surface area contributed by atoms with Gasteiger partial charge in [0.1, 0.15) is 0 Å². The summed E-state index contributed by atoms with van der Waals surface area (Å²) in [6.07, 6.45) is -3.48. The van der Waals surface area contributed by atoms with E-state index in [-0.39, 0.29) is 35.4 Å². The number of carbonyl (C=O) groups is 1. The van der Waals surface area contributed by atoms with Crippen molar-refractivity contribution < 1.29 is 18.0 Å². The van der Waals surface area contributed by atoms with Gasteiger partial charge in [-0.3, -0.25) is 9.20 Å². The Labute approximate surface area is 179 Å². The van der Waals surface area contributed by atoms with Gasteiger partial charge < -0.3 is 4.90 Å². The lowest BCUT2D eigenvalue weighted by molar-refractivity contribution is -0.137. The van der Waals surface area contributed by atoms with E-state index in [0.29, 0.717) is 10.7 Å². The fraction of sp³-hybridized carbons (Fsp3) is 0.263. The molecule has 1 amide bonds. The summed E-state index contributed by atoms with van der Waals surface area (Å²) in [6.45, 7) is 1.98. The molecule has 0 saturated heterocycles. The highest BCUT2D eigenvalue weighted by molar-refractivity contribution is 7.99. The molecule has 30 heavy (non-hydrogen) atoms. The monoisotopic (exact) mass is 453 g/mol. The summed E-state index contributed by atoms with van der Waals surface area (Å²) >= 11 is 7.01. The van der Waals surface area contributed by atoms with Gasteiger partial charge in [0.15, 0.2) is 10.8 Å². The van der Waals surface area contributed by atoms with Crippen LogP contribution >= 0.6 is 23.4 Å². The first kappa shape index (κ1) is 21.9. The summed E-state index contributed by atoms with van der Waals surface area (Å²) in [5.74, 6) is -0.412. The molecule has 0 aliphatic heterocycles. The maximum Gasteiger partial charge on any atom is 0.417 e. The van der Waals surface area contributed by atoms with Crippen molar-refractivity contribution in [3.8, 4) is 6.07 Å². The lowest BCUT2D eigenvalue weighted by Crippen LogP contribution is -2.33. The molecule has 0 fully saturated rings. The second kappa shape index (κ2) is 8.93. The van der Waals surface area contributed by atoms with Crippen LogP contribution in [0.15, 0.2) is 41.7 Å². The number of hydrogen-bond donors (Lipinski definition) is 0. The lowest BCUT2D eigenvalue weighted by atomic mass is 10.2. The number of carbonyl (C=O) groups excluding carboxylic acids is 1. The molecule has 0 aliphatic rings. The van der Waals surface area contributed by atoms with Crippen LogP contribution in [0.3, 0.4) is 0 Å². The van der Waals surface area contributed by atoms with Crippen molar-refractivity contribution in [3.63, 3.8) is 0 Å². The van der Waals surface area contributed by atoms with E-state index in [1.165, 1.54) is 15.4 Å². The van der Waals surface area contributed by atoms with Crippen molar-refractivity contribution in [3.05, 3.63) is 52.7 Å². The fourth-order valence-corrected chi connectivity index (χ4v) is 3.61. The number of aryl methyl sites for hydroxylation is 1. The molecule has 6 nitrogen and oxygen atoms in total. The molecule has 3 rings (SSSR count). The number of amides is 1. The third-order valence-electron chi connectivity index (χ3n) is 4.22. The number of fused-ring (bicyclic) bond motifs is 1. The van der Waals surface area contributed by atoms with Crippen molar-refractivity contribution in [2.75, 3.05) is 17.2 Å². The number of hydrogen-bond acceptors (Lipinski definition) is 5. The molecule has 0 atom stereocenters. The average Bonchev–Trinajstić information content (AvgIpc) is 3.11. The first-order valence-electron chi connectivity index (χ1n) is 8.69. The number of nitriles is 1. The number of aromatic nitrogens is 3. The van der Waals surface area contributed by atoms with Gasteiger partial charge in [-0.1, -0.05) is 23.4 Å². The minimum absolute atomic E-state index is 0.0931. The second-order valence-corrected chi connectivity index (χ2v) is 7.65. The quantitative estimate of drug-likeness (QED) is 0.503. The van der Waals surface area contributed by atoms with Crippen molar-refractivity contribution in [1.82, 2.24) is 14.6 Å². The van der Waals surface area contributed by atoms with Crippen LogP contribution in [0.1, 0.15) is 17.5 Å². The molecule has 3 aromatic rings. The third kappa shape index (κ3) is 4.86. The highest BCUT2D eigenvalue weighted by Gasteiger charge is 2.31. The highest BCUT2D eigenvalue weighted by Crippen LogP contribution is 2.30. The Morgan fingerprint density at radius 2 is 2.07 bits per heavy atom. The fourth-order valence-electron chi connectivity index (χ4n) is 2.70. The predicted octanol–water partition coefficient (Wildman–Crippen LogP) is 4.75. The number of halogens is 4. The highest BCUT2D eigenvalue weighted by atomic mass is 35.5. The Morgan fingerprint density at radius 3 is 2.73 bits per heavy atom. The maximum atomic E-state index is 13.0. The van der Waals surface area contributed by atoms with E-state index in [9.17, 15) is 18.0 Å². The molecule has 0 spiro atoms. The molecule has 0 radical (unpaired) electrons. The number of alkyl halides is 3. The van der Waals surface area contributed by atoms with Gasteiger partial charge in [0.05, 0.1) is 23.8 Å². The summed E-state index contributed by atoms with van der Waals surface area (Å²) in [6, 6.07) is 9.23. The van der Waals surface area contributed by atoms with E-state index < -0.39 is 11.7 Å². The molecule has 11 heteroatoms. The van der Waals surface area contributed by atoms with Crippen LogP contribution in [0.4, 0.5) is 18.9 Å². The number of thioether (sulfide) groups is 1. The second-order valence-electron chi connectivity index (χ2n) is 6.30. The van der Waals surface area contributed by atoms with Gasteiger partial charge in [0.2, 0.25) is 5.91 Å². The smallest absolute Gasteiger partial charge is 0.311 e. The van der Waals surface area contributed by atoms with Crippen LogP contribution in [0.25, 0.3) is 5.65 Å². The molecule has 0 N–H and O–H groups in total. The van der Waals surface area contributed by atoms with Crippen LogP contribution in [0.5, 0.6) is 0 Å². The van der Waals surface area contributed by atoms with Gasteiger partial charge in [-0.25, -0.2) is 0 Å². The zero-order valence-corrected chi connectivity index (χ0v) is 17.2. The molecule has 0 unspecified atom stereocenters. The van der Waals surface area contributed by atoms with Crippen LogP contribution in [-0.4, -0.2) is 32.8 Å². The van der Waals surface area contributed by atoms with Crippen LogP contribution < -0.4 is 4.90 Å². The molecule has 2 heterocycles. The molecular weight excluding hydrogens is 439 g/mol. The average molecular weight is 454 g/mol. The number of anilines is 1. The minimum atomic E-state index is -4.50. The van der Waals surface area contributed by atoms with Crippen LogP contribution in [-0.2, 0) is 11.0 Å². The van der Waals surface area contributed by atoms with Crippen LogP contribution in [0.2, 0.25) is 5.02 Å². The zero-order valence-electron chi connectivity index (χ0n) is 15.6. The molecule has 0 bridgehead atoms. The van der Waals surface area contributed by atoms with E-state index in [4.69, 9.17) is 16.9 Å². The van der Waals surface area contributed by atoms with E-state index in [2.05, 4.69) is 10.2 Å². The molecule has 1 aromatic carbocycles. The molecule has 0 aliphatic carbocycles. The first-order chi connectivity index (χ1) is 14.2. The Kier molecular flexibility index (Phi) is 6.53. The summed E-state index contributed by atoms with van der Waals surface area (Å²) < 4.78 is 40.2. The van der Waals surface area contributed by atoms with Gasteiger partial charge in [-0.15, -0.1) is 10.2 Å². The molecule has 0 saturated carbocycles. The van der Waals surface area contributed by atoms with E-state index >= 15 is 0 Å². The Hall–Kier alpha value is -2.77. The number of nitrogens with zero attached hydrogens (tertiary/aromatic N) is 5. The van der Waals surface area contributed by atoms with Crippen LogP contribution in [0, 0.1) is 18.3 Å². The summed E-state index contributed by atoms with van der Waals surface area (Å²) in [5.41, 5.74) is 0.769. The Morgan fingerprint density at radius 1 is 1.30 bits per heavy atom. The summed E-state index contributed by atoms with van der Waals surface area (Å²) in [5, 5.41) is 17.3. The zero-order chi connectivity index (χ0) is 21.9. The van der Waals surface area contributed by atoms with Gasteiger partial charge in [0.25, 0.3) is 0 Å². The lowest BCUT2D eigenvalue weighted by Gasteiger charge is -2.22. The van der Waals surface area contributed by atoms with E-state index in [0.717, 1.165) is 29.6 Å². The Balaban J connectivity index is 1.81. The third-order valence-corrected chi connectivity index (χ3v) is 5.58. The van der Waals surface area contributed by atoms with Crippen molar-refractivity contribution in [2.45, 2.75) is 24.7 Å². The number of rotatable bonds is 6. The number of pyridine rings is 1. The molecule has 156 valence electrons. The van der Waals surface area contributed by atoms with Crippen molar-refractivity contribution in [2.24, 2.45) is 0 Å². The maximum absolute atomic E-state index is 13.0. The van der Waals surface area contributed by atoms with Gasteiger partial charge in [0, 0.05) is 23.5 Å². The summed E-state index contributed by atoms with van der Waals surface area (Å²) in [4.78, 5) is 14.3. The van der Waals surface area contributed by atoms with E-state index in [1.807, 2.05) is 6.07 Å². The summed E-state index contributed by atoms with van der Waals surface area (Å²) in [7, 11) is 0. The first-order valence-corrected chi connectivity index (χ1v) is 10.1. The van der Waals surface area contributed by atoms with Crippen molar-refractivity contribution >= 4 is 40.6 Å². The van der Waals surface area contributed by atoms with Gasteiger partial charge >= 0.3 is 6.18 Å². The normalized spacial score (nSPS) is 11.5. The van der Waals surface area contributed by atoms with Gasteiger partial charge in [-0.05, 0) is 42.8 Å². The molecular formula is C19H15ClF3N5OS. The van der Waals surface area contributed by atoms with E-state index in [1.54, 1.807) is 25.1 Å². The minimum Gasteiger partial charge on any atom is -0.311 e. The number of benzene rings is 1. The predicted molar refractivity (Wildman–Crippen MR) is 107 cm³/mol. The van der Waals surface area contributed by atoms with Crippen molar-refractivity contribution in [1.29, 1.82) is 5.26 Å². The standard InChI is InChI=1S/C19H15ClF3N5OS/c1-12-9-14(4-5-15(12)20)27(8-2-7-24)17(29)11-30-18-26-25-16-6-3-13(10-28(16)18)19(21,22)23/h3-6,9-10H,2,8,11H2,1H3. The largest absolute Gasteiger partial charge is 0.417 e. The Bertz CT molecular complexity index is 1130. The topological polar surface area (TPSA) is 74.3 Å². The van der Waals surface area contributed by atoms with Gasteiger partial charge in [-0.2, -0.15) is 18.4 Å². The molecule has 2 aromatic heterocycles. The SMILES string of the molecule is Cc1cc(N(CCC#N)C(=O)CSc2nnc3ccc(C(F)(F)F)cn23)ccc1Cl.